The minimum atomic E-state index is 0.611. The van der Waals surface area contributed by atoms with Gasteiger partial charge in [-0.05, 0) is 48.2 Å². The molecule has 1 aliphatic rings. The van der Waals surface area contributed by atoms with E-state index < -0.39 is 0 Å². The number of hydrogen-bond acceptors (Lipinski definition) is 2. The third-order valence-corrected chi connectivity index (χ3v) is 4.01. The van der Waals surface area contributed by atoms with Gasteiger partial charge < -0.3 is 10.1 Å². The Balaban J connectivity index is 1.53. The van der Waals surface area contributed by atoms with Crippen molar-refractivity contribution in [2.24, 2.45) is 0 Å². The molecular formula is C21H19NO. The number of nitrogens with one attached hydrogen (secondary N) is 1. The molecule has 2 heteroatoms. The summed E-state index contributed by atoms with van der Waals surface area (Å²) < 4.78 is 6.07. The van der Waals surface area contributed by atoms with Crippen molar-refractivity contribution >= 4 is 5.69 Å². The molecule has 3 aromatic carbocycles. The number of benzene rings is 3. The van der Waals surface area contributed by atoms with Crippen LogP contribution in [0.25, 0.3) is 11.1 Å². The quantitative estimate of drug-likeness (QED) is 0.650. The Hall–Kier alpha value is -2.74. The minimum Gasteiger partial charge on any atom is -0.455 e. The van der Waals surface area contributed by atoms with Crippen molar-refractivity contribution in [3.05, 3.63) is 78.9 Å². The summed E-state index contributed by atoms with van der Waals surface area (Å²) in [7, 11) is 0. The lowest BCUT2D eigenvalue weighted by Crippen LogP contribution is -2.02. The van der Waals surface area contributed by atoms with Gasteiger partial charge in [-0.25, -0.2) is 0 Å². The Morgan fingerprint density at radius 2 is 1.35 bits per heavy atom. The van der Waals surface area contributed by atoms with E-state index in [-0.39, 0.29) is 0 Å². The van der Waals surface area contributed by atoms with Gasteiger partial charge in [-0.3, -0.25) is 0 Å². The van der Waals surface area contributed by atoms with E-state index in [1.54, 1.807) is 0 Å². The Kier molecular flexibility index (Phi) is 3.73. The largest absolute Gasteiger partial charge is 0.455 e. The van der Waals surface area contributed by atoms with Gasteiger partial charge in [0, 0.05) is 6.04 Å². The van der Waals surface area contributed by atoms with Crippen LogP contribution in [0.15, 0.2) is 78.9 Å². The third kappa shape index (κ3) is 3.37. The van der Waals surface area contributed by atoms with Crippen molar-refractivity contribution in [2.45, 2.75) is 18.9 Å². The molecule has 0 amide bonds. The van der Waals surface area contributed by atoms with Gasteiger partial charge in [-0.2, -0.15) is 0 Å². The standard InChI is InChI=1S/C21H19NO/c1-2-6-16(7-3-1)17-10-14-19(15-11-17)23-21-9-5-4-8-20(21)22-18-12-13-18/h1-11,14-15,18,22H,12-13H2. The van der Waals surface area contributed by atoms with E-state index in [9.17, 15) is 0 Å². The first-order chi connectivity index (χ1) is 11.4. The second-order valence-corrected chi connectivity index (χ2v) is 5.91. The molecule has 114 valence electrons. The Bertz CT molecular complexity index is 776. The van der Waals surface area contributed by atoms with Gasteiger partial charge in [0.05, 0.1) is 5.69 Å². The maximum absolute atomic E-state index is 6.07. The zero-order valence-electron chi connectivity index (χ0n) is 12.9. The van der Waals surface area contributed by atoms with Gasteiger partial charge in [-0.1, -0.05) is 54.6 Å². The number of rotatable bonds is 5. The molecule has 0 aromatic heterocycles. The summed E-state index contributed by atoms with van der Waals surface area (Å²) in [6.07, 6.45) is 2.50. The zero-order chi connectivity index (χ0) is 15.5. The summed E-state index contributed by atoms with van der Waals surface area (Å²) in [4.78, 5) is 0. The number of anilines is 1. The number of ether oxygens (including phenoxy) is 1. The zero-order valence-corrected chi connectivity index (χ0v) is 12.9. The SMILES string of the molecule is c1ccc(-c2ccc(Oc3ccccc3NC3CC3)cc2)cc1. The summed E-state index contributed by atoms with van der Waals surface area (Å²) in [6.45, 7) is 0. The fourth-order valence-electron chi connectivity index (χ4n) is 2.60. The van der Waals surface area contributed by atoms with Crippen LogP contribution in [0, 0.1) is 0 Å². The predicted octanol–water partition coefficient (Wildman–Crippen LogP) is 5.72. The molecule has 0 aliphatic heterocycles. The normalized spacial score (nSPS) is 13.6. The fourth-order valence-corrected chi connectivity index (χ4v) is 2.60. The monoisotopic (exact) mass is 301 g/mol. The molecule has 1 saturated carbocycles. The van der Waals surface area contributed by atoms with E-state index in [4.69, 9.17) is 4.74 Å². The molecule has 2 nitrogen and oxygen atoms in total. The van der Waals surface area contributed by atoms with Crippen LogP contribution >= 0.6 is 0 Å². The van der Waals surface area contributed by atoms with Crippen molar-refractivity contribution < 1.29 is 4.74 Å². The fraction of sp³-hybridized carbons (Fsp3) is 0.143. The Labute approximate surface area is 136 Å². The number of para-hydroxylation sites is 2. The molecule has 0 bridgehead atoms. The summed E-state index contributed by atoms with van der Waals surface area (Å²) in [5.41, 5.74) is 3.49. The lowest BCUT2D eigenvalue weighted by molar-refractivity contribution is 0.484. The van der Waals surface area contributed by atoms with Gasteiger partial charge in [0.15, 0.2) is 5.75 Å². The van der Waals surface area contributed by atoms with Gasteiger partial charge >= 0.3 is 0 Å². The van der Waals surface area contributed by atoms with E-state index >= 15 is 0 Å². The molecule has 0 unspecified atom stereocenters. The molecule has 23 heavy (non-hydrogen) atoms. The van der Waals surface area contributed by atoms with Crippen LogP contribution in [0.2, 0.25) is 0 Å². The van der Waals surface area contributed by atoms with Crippen LogP contribution in [-0.2, 0) is 0 Å². The van der Waals surface area contributed by atoms with E-state index in [0.29, 0.717) is 6.04 Å². The molecule has 1 N–H and O–H groups in total. The molecule has 0 radical (unpaired) electrons. The molecule has 0 heterocycles. The average molecular weight is 301 g/mol. The number of hydrogen-bond donors (Lipinski definition) is 1. The highest BCUT2D eigenvalue weighted by Crippen LogP contribution is 2.34. The molecule has 4 rings (SSSR count). The van der Waals surface area contributed by atoms with Crippen molar-refractivity contribution in [3.63, 3.8) is 0 Å². The first-order valence-electron chi connectivity index (χ1n) is 8.07. The van der Waals surface area contributed by atoms with Crippen LogP contribution in [-0.4, -0.2) is 6.04 Å². The van der Waals surface area contributed by atoms with E-state index in [1.165, 1.54) is 24.0 Å². The minimum absolute atomic E-state index is 0.611. The highest BCUT2D eigenvalue weighted by molar-refractivity contribution is 5.64. The van der Waals surface area contributed by atoms with Crippen molar-refractivity contribution in [2.75, 3.05) is 5.32 Å². The third-order valence-electron chi connectivity index (χ3n) is 4.01. The van der Waals surface area contributed by atoms with Crippen LogP contribution in [0.4, 0.5) is 5.69 Å². The highest BCUT2D eigenvalue weighted by Gasteiger charge is 2.22. The molecule has 0 saturated heterocycles. The second kappa shape index (κ2) is 6.17. The van der Waals surface area contributed by atoms with Crippen molar-refractivity contribution in [1.82, 2.24) is 0 Å². The second-order valence-electron chi connectivity index (χ2n) is 5.91. The molecule has 1 aliphatic carbocycles. The van der Waals surface area contributed by atoms with E-state index in [2.05, 4.69) is 47.8 Å². The first-order valence-corrected chi connectivity index (χ1v) is 8.07. The van der Waals surface area contributed by atoms with Crippen LogP contribution in [0.1, 0.15) is 12.8 Å². The summed E-state index contributed by atoms with van der Waals surface area (Å²) >= 11 is 0. The maximum Gasteiger partial charge on any atom is 0.150 e. The smallest absolute Gasteiger partial charge is 0.150 e. The highest BCUT2D eigenvalue weighted by atomic mass is 16.5. The lowest BCUT2D eigenvalue weighted by Gasteiger charge is -2.13. The predicted molar refractivity (Wildman–Crippen MR) is 95.0 cm³/mol. The maximum atomic E-state index is 6.07. The van der Waals surface area contributed by atoms with E-state index in [0.717, 1.165) is 17.2 Å². The van der Waals surface area contributed by atoms with E-state index in [1.807, 2.05) is 36.4 Å². The summed E-state index contributed by atoms with van der Waals surface area (Å²) in [6, 6.07) is 27.4. The van der Waals surface area contributed by atoms with Crippen LogP contribution in [0.5, 0.6) is 11.5 Å². The molecular weight excluding hydrogens is 282 g/mol. The topological polar surface area (TPSA) is 21.3 Å². The van der Waals surface area contributed by atoms with Gasteiger partial charge in [0.2, 0.25) is 0 Å². The Morgan fingerprint density at radius 3 is 2.09 bits per heavy atom. The van der Waals surface area contributed by atoms with Crippen LogP contribution < -0.4 is 10.1 Å². The molecule has 0 spiro atoms. The van der Waals surface area contributed by atoms with Crippen LogP contribution in [0.3, 0.4) is 0 Å². The Morgan fingerprint density at radius 1 is 0.696 bits per heavy atom. The summed E-state index contributed by atoms with van der Waals surface area (Å²) in [5, 5.41) is 3.52. The first kappa shape index (κ1) is 13.9. The average Bonchev–Trinajstić information content (AvgIpc) is 3.42. The van der Waals surface area contributed by atoms with Gasteiger partial charge in [-0.15, -0.1) is 0 Å². The molecule has 3 aromatic rings. The molecule has 0 atom stereocenters. The molecule has 1 fully saturated rings. The van der Waals surface area contributed by atoms with Gasteiger partial charge in [0.1, 0.15) is 5.75 Å². The van der Waals surface area contributed by atoms with Crippen molar-refractivity contribution in [1.29, 1.82) is 0 Å². The summed E-state index contributed by atoms with van der Waals surface area (Å²) in [5.74, 6) is 1.74. The van der Waals surface area contributed by atoms with Crippen molar-refractivity contribution in [3.8, 4) is 22.6 Å². The van der Waals surface area contributed by atoms with Gasteiger partial charge in [0.25, 0.3) is 0 Å². The lowest BCUT2D eigenvalue weighted by atomic mass is 10.1.